The van der Waals surface area contributed by atoms with E-state index in [1.165, 1.54) is 6.92 Å². The molecule has 0 aliphatic carbocycles. The lowest BCUT2D eigenvalue weighted by atomic mass is 10.2. The van der Waals surface area contributed by atoms with E-state index >= 15 is 0 Å². The van der Waals surface area contributed by atoms with E-state index in [2.05, 4.69) is 5.32 Å². The van der Waals surface area contributed by atoms with Gasteiger partial charge < -0.3 is 19.7 Å². The third-order valence-electron chi connectivity index (χ3n) is 5.34. The van der Waals surface area contributed by atoms with E-state index in [-0.39, 0.29) is 18.2 Å². The molecule has 32 heavy (non-hydrogen) atoms. The molecule has 2 amide bonds. The first kappa shape index (κ1) is 21.9. The first-order valence-electron chi connectivity index (χ1n) is 10.5. The molecule has 0 unspecified atom stereocenters. The molecule has 2 heterocycles. The minimum Gasteiger partial charge on any atom is -0.486 e. The van der Waals surface area contributed by atoms with Gasteiger partial charge in [0.15, 0.2) is 11.5 Å². The highest BCUT2D eigenvalue weighted by molar-refractivity contribution is 7.92. The zero-order chi connectivity index (χ0) is 22.7. The van der Waals surface area contributed by atoms with Gasteiger partial charge in [-0.05, 0) is 49.7 Å². The summed E-state index contributed by atoms with van der Waals surface area (Å²) in [5.41, 5.74) is 1.62. The van der Waals surface area contributed by atoms with Gasteiger partial charge in [0.25, 0.3) is 0 Å². The Balaban J connectivity index is 1.49. The summed E-state index contributed by atoms with van der Waals surface area (Å²) in [7, 11) is -3.72. The lowest BCUT2D eigenvalue weighted by Crippen LogP contribution is -2.39. The van der Waals surface area contributed by atoms with Crippen molar-refractivity contribution in [3.63, 3.8) is 0 Å². The highest BCUT2D eigenvalue weighted by atomic mass is 32.2. The van der Waals surface area contributed by atoms with Crippen LogP contribution in [-0.2, 0) is 19.6 Å². The van der Waals surface area contributed by atoms with Gasteiger partial charge in [-0.3, -0.25) is 13.9 Å². The highest BCUT2D eigenvalue weighted by Crippen LogP contribution is 2.35. The summed E-state index contributed by atoms with van der Waals surface area (Å²) in [5.74, 6) is 0.420. The number of rotatable bonds is 7. The van der Waals surface area contributed by atoms with E-state index in [1.807, 2.05) is 0 Å². The molecular weight excluding hydrogens is 434 g/mol. The first-order valence-corrected chi connectivity index (χ1v) is 12.1. The van der Waals surface area contributed by atoms with Gasteiger partial charge >= 0.3 is 0 Å². The maximum Gasteiger partial charge on any atom is 0.245 e. The van der Waals surface area contributed by atoms with Crippen molar-refractivity contribution in [1.29, 1.82) is 0 Å². The number of ether oxygens (including phenoxy) is 2. The largest absolute Gasteiger partial charge is 0.486 e. The molecule has 2 aromatic carbocycles. The molecule has 9 nitrogen and oxygen atoms in total. The lowest BCUT2D eigenvalue weighted by Gasteiger charge is -2.25. The van der Waals surface area contributed by atoms with Crippen molar-refractivity contribution in [3.05, 3.63) is 42.5 Å². The molecular formula is C22H25N3O6S. The third-order valence-corrected chi connectivity index (χ3v) is 7.08. The lowest BCUT2D eigenvalue weighted by molar-refractivity contribution is -0.117. The van der Waals surface area contributed by atoms with Gasteiger partial charge in [-0.25, -0.2) is 8.42 Å². The Bertz CT molecular complexity index is 1120. The van der Waals surface area contributed by atoms with Crippen molar-refractivity contribution in [2.24, 2.45) is 0 Å². The molecule has 170 valence electrons. The van der Waals surface area contributed by atoms with Crippen LogP contribution in [0.5, 0.6) is 11.5 Å². The Hall–Kier alpha value is -3.27. The third kappa shape index (κ3) is 4.64. The molecule has 2 aliphatic heterocycles. The molecule has 4 rings (SSSR count). The Morgan fingerprint density at radius 3 is 2.47 bits per heavy atom. The van der Waals surface area contributed by atoms with Crippen LogP contribution in [0.3, 0.4) is 0 Å². The normalized spacial score (nSPS) is 15.5. The summed E-state index contributed by atoms with van der Waals surface area (Å²) in [6, 6.07) is 11.7. The smallest absolute Gasteiger partial charge is 0.245 e. The number of carbonyl (C=O) groups excluding carboxylic acids is 2. The van der Waals surface area contributed by atoms with E-state index in [1.54, 1.807) is 47.4 Å². The van der Waals surface area contributed by atoms with Crippen LogP contribution in [0.1, 0.15) is 19.8 Å². The van der Waals surface area contributed by atoms with E-state index in [0.29, 0.717) is 49.1 Å². The molecule has 10 heteroatoms. The fourth-order valence-corrected chi connectivity index (χ4v) is 4.73. The molecule has 2 aliphatic rings. The Labute approximate surface area is 187 Å². The van der Waals surface area contributed by atoms with Crippen molar-refractivity contribution in [1.82, 2.24) is 0 Å². The van der Waals surface area contributed by atoms with Crippen LogP contribution >= 0.6 is 0 Å². The molecule has 2 aromatic rings. The highest BCUT2D eigenvalue weighted by Gasteiger charge is 2.26. The SMILES string of the molecule is CCS(=O)(=O)N(CC(=O)Nc1ccc(N2CCCC2=O)cc1)c1ccc2c(c1)OCCO2. The van der Waals surface area contributed by atoms with E-state index < -0.39 is 15.9 Å². The number of carbonyl (C=O) groups is 2. The standard InChI is InChI=1S/C22H25N3O6S/c1-2-32(28,29)25(18-9-10-19-20(14-18)31-13-12-30-19)15-21(26)23-16-5-7-17(8-6-16)24-11-3-4-22(24)27/h5-10,14H,2-4,11-13,15H2,1H3,(H,23,26). The van der Waals surface area contributed by atoms with E-state index in [0.717, 1.165) is 16.4 Å². The number of nitrogens with one attached hydrogen (secondary N) is 1. The van der Waals surface area contributed by atoms with Crippen LogP contribution in [0.15, 0.2) is 42.5 Å². The second-order valence-electron chi connectivity index (χ2n) is 7.48. The minimum absolute atomic E-state index is 0.0848. The monoisotopic (exact) mass is 459 g/mol. The fraction of sp³-hybridized carbons (Fsp3) is 0.364. The van der Waals surface area contributed by atoms with Gasteiger partial charge in [0.1, 0.15) is 19.8 Å². The number of anilines is 3. The van der Waals surface area contributed by atoms with Crippen LogP contribution in [0.2, 0.25) is 0 Å². The number of hydrogen-bond donors (Lipinski definition) is 1. The van der Waals surface area contributed by atoms with Gasteiger partial charge in [0.2, 0.25) is 21.8 Å². The molecule has 1 saturated heterocycles. The van der Waals surface area contributed by atoms with Crippen molar-refractivity contribution >= 4 is 38.9 Å². The predicted octanol–water partition coefficient (Wildman–Crippen LogP) is 2.38. The number of benzene rings is 2. The molecule has 0 radical (unpaired) electrons. The maximum atomic E-state index is 12.7. The Morgan fingerprint density at radius 2 is 1.81 bits per heavy atom. The summed E-state index contributed by atoms with van der Waals surface area (Å²) in [6.45, 7) is 2.62. The molecule has 1 fully saturated rings. The van der Waals surface area contributed by atoms with Gasteiger partial charge in [0.05, 0.1) is 11.4 Å². The van der Waals surface area contributed by atoms with Crippen LogP contribution < -0.4 is 24.0 Å². The summed E-state index contributed by atoms with van der Waals surface area (Å²) in [5, 5.41) is 2.73. The number of amides is 2. The van der Waals surface area contributed by atoms with E-state index in [9.17, 15) is 18.0 Å². The topological polar surface area (TPSA) is 105 Å². The zero-order valence-corrected chi connectivity index (χ0v) is 18.6. The molecule has 0 spiro atoms. The van der Waals surface area contributed by atoms with Crippen molar-refractivity contribution in [2.45, 2.75) is 19.8 Å². The van der Waals surface area contributed by atoms with Gasteiger partial charge in [0, 0.05) is 30.4 Å². The first-order chi connectivity index (χ1) is 15.4. The van der Waals surface area contributed by atoms with Gasteiger partial charge in [-0.1, -0.05) is 0 Å². The Kier molecular flexibility index (Phi) is 6.22. The van der Waals surface area contributed by atoms with Crippen LogP contribution in [-0.4, -0.2) is 52.3 Å². The molecule has 0 aromatic heterocycles. The molecule has 1 N–H and O–H groups in total. The number of sulfonamides is 1. The second-order valence-corrected chi connectivity index (χ2v) is 9.66. The van der Waals surface area contributed by atoms with Gasteiger partial charge in [-0.15, -0.1) is 0 Å². The van der Waals surface area contributed by atoms with E-state index in [4.69, 9.17) is 9.47 Å². The Morgan fingerprint density at radius 1 is 1.09 bits per heavy atom. The summed E-state index contributed by atoms with van der Waals surface area (Å²) in [4.78, 5) is 26.3. The number of hydrogen-bond acceptors (Lipinski definition) is 6. The predicted molar refractivity (Wildman–Crippen MR) is 121 cm³/mol. The molecule has 0 saturated carbocycles. The zero-order valence-electron chi connectivity index (χ0n) is 17.7. The maximum absolute atomic E-state index is 12.7. The minimum atomic E-state index is -3.72. The second kappa shape index (κ2) is 9.07. The van der Waals surface area contributed by atoms with Crippen LogP contribution in [0.25, 0.3) is 0 Å². The summed E-state index contributed by atoms with van der Waals surface area (Å²) >= 11 is 0. The fourth-order valence-electron chi connectivity index (χ4n) is 3.67. The van der Waals surface area contributed by atoms with Crippen LogP contribution in [0, 0.1) is 0 Å². The van der Waals surface area contributed by atoms with Crippen molar-refractivity contribution < 1.29 is 27.5 Å². The number of nitrogens with zero attached hydrogens (tertiary/aromatic N) is 2. The average Bonchev–Trinajstić information content (AvgIpc) is 3.23. The van der Waals surface area contributed by atoms with Crippen LogP contribution in [0.4, 0.5) is 17.1 Å². The average molecular weight is 460 g/mol. The number of fused-ring (bicyclic) bond motifs is 1. The summed E-state index contributed by atoms with van der Waals surface area (Å²) < 4.78 is 37.5. The molecule has 0 bridgehead atoms. The molecule has 0 atom stereocenters. The van der Waals surface area contributed by atoms with Gasteiger partial charge in [-0.2, -0.15) is 0 Å². The van der Waals surface area contributed by atoms with Crippen molar-refractivity contribution in [3.8, 4) is 11.5 Å². The summed E-state index contributed by atoms with van der Waals surface area (Å²) in [6.07, 6.45) is 1.37. The van der Waals surface area contributed by atoms with Crippen molar-refractivity contribution in [2.75, 3.05) is 46.6 Å². The quantitative estimate of drug-likeness (QED) is 0.682.